The molecule has 1 aromatic carbocycles. The Morgan fingerprint density at radius 2 is 1.71 bits per heavy atom. The molecule has 1 aliphatic rings. The summed E-state index contributed by atoms with van der Waals surface area (Å²) in [5.74, 6) is -0.651. The molecule has 8 heteroatoms. The summed E-state index contributed by atoms with van der Waals surface area (Å²) in [4.78, 5) is 36.9. The molecule has 28 heavy (non-hydrogen) atoms. The van der Waals surface area contributed by atoms with Gasteiger partial charge in [-0.05, 0) is 24.5 Å². The molecule has 0 spiro atoms. The summed E-state index contributed by atoms with van der Waals surface area (Å²) in [6.07, 6.45) is 0.985. The molecule has 0 radical (unpaired) electrons. The Hall–Kier alpha value is -2.64. The van der Waals surface area contributed by atoms with Gasteiger partial charge in [-0.25, -0.2) is 0 Å². The maximum Gasteiger partial charge on any atom is 0.305 e. The molecule has 1 heterocycles. The van der Waals surface area contributed by atoms with Crippen LogP contribution in [0.15, 0.2) is 28.7 Å². The van der Waals surface area contributed by atoms with Crippen molar-refractivity contribution in [3.05, 3.63) is 57.5 Å². The number of furan rings is 1. The summed E-state index contributed by atoms with van der Waals surface area (Å²) < 4.78 is 5.66. The molecule has 2 aromatic rings. The molecule has 2 amide bonds. The van der Waals surface area contributed by atoms with Gasteiger partial charge in [-0.2, -0.15) is 0 Å². The van der Waals surface area contributed by atoms with Gasteiger partial charge in [0.2, 0.25) is 0 Å². The Balaban J connectivity index is 0.00000136. The number of fused-ring (bicyclic) bond motifs is 1. The highest BCUT2D eigenvalue weighted by molar-refractivity contribution is 6.33. The van der Waals surface area contributed by atoms with Crippen molar-refractivity contribution in [3.63, 3.8) is 0 Å². The van der Waals surface area contributed by atoms with E-state index >= 15 is 0 Å². The monoisotopic (exact) mass is 406 g/mol. The highest BCUT2D eigenvalue weighted by atomic mass is 35.5. The summed E-state index contributed by atoms with van der Waals surface area (Å²) in [5.41, 5.74) is 5.61. The Labute approximate surface area is 168 Å². The maximum atomic E-state index is 12.4. The van der Waals surface area contributed by atoms with Crippen LogP contribution in [0.2, 0.25) is 5.02 Å². The molecule has 3 rings (SSSR count). The fourth-order valence-electron chi connectivity index (χ4n) is 3.18. The number of carbonyl (C=O) groups excluding carboxylic acids is 3. The lowest BCUT2D eigenvalue weighted by Crippen LogP contribution is -2.41. The highest BCUT2D eigenvalue weighted by Gasteiger charge is 2.37. The van der Waals surface area contributed by atoms with E-state index < -0.39 is 11.8 Å². The largest absolute Gasteiger partial charge is 0.455 e. The molecule has 3 N–H and O–H groups in total. The average molecular weight is 407 g/mol. The van der Waals surface area contributed by atoms with Crippen LogP contribution in [0.3, 0.4) is 0 Å². The van der Waals surface area contributed by atoms with Gasteiger partial charge < -0.3 is 9.52 Å². The minimum atomic E-state index is -0.622. The Morgan fingerprint density at radius 1 is 1.11 bits per heavy atom. The molecule has 0 atom stereocenters. The Morgan fingerprint density at radius 3 is 2.36 bits per heavy atom. The number of ketones is 1. The van der Waals surface area contributed by atoms with E-state index in [1.54, 1.807) is 31.2 Å². The topological polar surface area (TPSA) is 109 Å². The molecule has 0 bridgehead atoms. The number of carbonyl (C=O) groups is 3. The number of hydrogen-bond acceptors (Lipinski definition) is 5. The van der Waals surface area contributed by atoms with E-state index in [0.717, 1.165) is 7.11 Å². The van der Waals surface area contributed by atoms with E-state index in [9.17, 15) is 14.4 Å². The normalized spacial score (nSPS) is 14.4. The molecule has 0 aliphatic heterocycles. The molecule has 7 nitrogen and oxygen atoms in total. The zero-order valence-electron chi connectivity index (χ0n) is 16.2. The number of Topliss-reactive ketones (excluding diaryl/α,β-unsaturated/α-hetero) is 1. The van der Waals surface area contributed by atoms with Crippen molar-refractivity contribution in [2.45, 2.75) is 33.6 Å². The second-order valence-corrected chi connectivity index (χ2v) is 7.59. The number of benzene rings is 1. The van der Waals surface area contributed by atoms with Crippen molar-refractivity contribution in [3.8, 4) is 0 Å². The van der Waals surface area contributed by atoms with Crippen LogP contribution in [0.5, 0.6) is 0 Å². The van der Waals surface area contributed by atoms with E-state index in [1.807, 2.05) is 13.8 Å². The summed E-state index contributed by atoms with van der Waals surface area (Å²) in [7, 11) is 1.00. The number of hydrogen-bond donors (Lipinski definition) is 3. The Bertz CT molecular complexity index is 917. The third-order valence-corrected chi connectivity index (χ3v) is 4.72. The van der Waals surface area contributed by atoms with Gasteiger partial charge in [0, 0.05) is 25.5 Å². The fraction of sp³-hybridized carbons (Fsp3) is 0.350. The van der Waals surface area contributed by atoms with Gasteiger partial charge >= 0.3 is 5.91 Å². The molecule has 0 saturated heterocycles. The first-order chi connectivity index (χ1) is 13.2. The van der Waals surface area contributed by atoms with Crippen molar-refractivity contribution in [2.24, 2.45) is 5.41 Å². The van der Waals surface area contributed by atoms with Crippen LogP contribution in [0.1, 0.15) is 62.9 Å². The number of aliphatic hydroxyl groups excluding tert-OH is 1. The molecular weight excluding hydrogens is 384 g/mol. The van der Waals surface area contributed by atoms with Gasteiger partial charge in [0.25, 0.3) is 5.91 Å². The first-order valence-corrected chi connectivity index (χ1v) is 9.03. The summed E-state index contributed by atoms with van der Waals surface area (Å²) in [6.45, 7) is 5.63. The van der Waals surface area contributed by atoms with Gasteiger partial charge in [0.1, 0.15) is 5.76 Å². The third kappa shape index (κ3) is 4.43. The molecule has 0 saturated carbocycles. The number of halogens is 1. The van der Waals surface area contributed by atoms with Crippen molar-refractivity contribution < 1.29 is 23.9 Å². The van der Waals surface area contributed by atoms with Crippen LogP contribution < -0.4 is 10.9 Å². The number of nitrogens with one attached hydrogen (secondary N) is 2. The average Bonchev–Trinajstić information content (AvgIpc) is 2.96. The van der Waals surface area contributed by atoms with E-state index in [4.69, 9.17) is 21.1 Å². The molecule has 1 aromatic heterocycles. The predicted octanol–water partition coefficient (Wildman–Crippen LogP) is 3.08. The van der Waals surface area contributed by atoms with Gasteiger partial charge in [-0.3, -0.25) is 25.2 Å². The van der Waals surface area contributed by atoms with Crippen LogP contribution >= 0.6 is 11.6 Å². The lowest BCUT2D eigenvalue weighted by Gasteiger charge is -2.27. The minimum absolute atomic E-state index is 0.0282. The fourth-order valence-corrected chi connectivity index (χ4v) is 3.40. The number of amides is 2. The second-order valence-electron chi connectivity index (χ2n) is 7.18. The summed E-state index contributed by atoms with van der Waals surface area (Å²) in [6, 6.07) is 6.49. The van der Waals surface area contributed by atoms with E-state index in [-0.39, 0.29) is 27.5 Å². The van der Waals surface area contributed by atoms with E-state index in [0.29, 0.717) is 29.7 Å². The van der Waals surface area contributed by atoms with E-state index in [1.165, 1.54) is 0 Å². The number of rotatable bonds is 2. The molecule has 150 valence electrons. The van der Waals surface area contributed by atoms with Gasteiger partial charge in [0.15, 0.2) is 11.5 Å². The molecule has 0 unspecified atom stereocenters. The minimum Gasteiger partial charge on any atom is -0.455 e. The smallest absolute Gasteiger partial charge is 0.305 e. The Kier molecular flexibility index (Phi) is 6.64. The lowest BCUT2D eigenvalue weighted by molar-refractivity contribution is 0.0827. The second kappa shape index (κ2) is 8.58. The zero-order valence-corrected chi connectivity index (χ0v) is 16.9. The van der Waals surface area contributed by atoms with Gasteiger partial charge in [-0.1, -0.05) is 37.6 Å². The van der Waals surface area contributed by atoms with Gasteiger partial charge in [-0.15, -0.1) is 0 Å². The van der Waals surface area contributed by atoms with Crippen LogP contribution in [-0.2, 0) is 6.42 Å². The number of hydrazine groups is 1. The predicted molar refractivity (Wildman–Crippen MR) is 104 cm³/mol. The van der Waals surface area contributed by atoms with E-state index in [2.05, 4.69) is 10.9 Å². The summed E-state index contributed by atoms with van der Waals surface area (Å²) >= 11 is 5.96. The SMILES string of the molecule is CO.Cc1c(C(=O)NNC(=O)c2ccccc2Cl)oc2c1C(=O)CC(C)(C)C2. The van der Waals surface area contributed by atoms with Crippen molar-refractivity contribution in [1.82, 2.24) is 10.9 Å². The summed E-state index contributed by atoms with van der Waals surface area (Å²) in [5, 5.41) is 7.27. The van der Waals surface area contributed by atoms with Crippen molar-refractivity contribution >= 4 is 29.2 Å². The van der Waals surface area contributed by atoms with Crippen LogP contribution in [-0.4, -0.2) is 29.8 Å². The van der Waals surface area contributed by atoms with Crippen LogP contribution in [0.25, 0.3) is 0 Å². The van der Waals surface area contributed by atoms with Crippen LogP contribution in [0, 0.1) is 12.3 Å². The standard InChI is InChI=1S/C19H19ClN2O4.CH4O/c1-10-15-13(23)8-19(2,3)9-14(15)26-16(10)18(25)22-21-17(24)11-6-4-5-7-12(11)20;1-2/h4-7H,8-9H2,1-3H3,(H,21,24)(H,22,25);2H,1H3. The lowest BCUT2D eigenvalue weighted by atomic mass is 9.76. The third-order valence-electron chi connectivity index (χ3n) is 4.39. The number of aliphatic hydroxyl groups is 1. The van der Waals surface area contributed by atoms with Crippen molar-refractivity contribution in [1.29, 1.82) is 0 Å². The van der Waals surface area contributed by atoms with Gasteiger partial charge in [0.05, 0.1) is 16.1 Å². The molecular formula is C20H23ClN2O5. The van der Waals surface area contributed by atoms with Crippen LogP contribution in [0.4, 0.5) is 0 Å². The maximum absolute atomic E-state index is 12.4. The molecule has 0 fully saturated rings. The first-order valence-electron chi connectivity index (χ1n) is 8.65. The first kappa shape index (κ1) is 21.7. The molecule has 1 aliphatic carbocycles. The highest BCUT2D eigenvalue weighted by Crippen LogP contribution is 2.38. The quantitative estimate of drug-likeness (QED) is 0.664. The van der Waals surface area contributed by atoms with Crippen molar-refractivity contribution in [2.75, 3.05) is 7.11 Å². The zero-order chi connectivity index (χ0) is 21.1.